The SMILES string of the molecule is N#CC(c1cccnc1)N1CCOC(n2ccnc2)C1. The van der Waals surface area contributed by atoms with Gasteiger partial charge in [0.25, 0.3) is 0 Å². The van der Waals surface area contributed by atoms with Gasteiger partial charge in [0.15, 0.2) is 0 Å². The molecule has 0 radical (unpaired) electrons. The lowest BCUT2D eigenvalue weighted by Crippen LogP contribution is -2.42. The molecule has 0 spiro atoms. The zero-order chi connectivity index (χ0) is 13.8. The predicted octanol–water partition coefficient (Wildman–Crippen LogP) is 1.37. The van der Waals surface area contributed by atoms with Gasteiger partial charge in [0.05, 0.1) is 19.0 Å². The molecule has 3 heterocycles. The van der Waals surface area contributed by atoms with Crippen LogP contribution in [0.5, 0.6) is 0 Å². The van der Waals surface area contributed by atoms with Crippen molar-refractivity contribution in [1.82, 2.24) is 19.4 Å². The van der Waals surface area contributed by atoms with E-state index in [-0.39, 0.29) is 12.3 Å². The summed E-state index contributed by atoms with van der Waals surface area (Å²) in [6.07, 6.45) is 8.70. The van der Waals surface area contributed by atoms with E-state index in [1.54, 1.807) is 24.9 Å². The van der Waals surface area contributed by atoms with Crippen LogP contribution in [0.15, 0.2) is 43.2 Å². The highest BCUT2D eigenvalue weighted by Crippen LogP contribution is 2.25. The Balaban J connectivity index is 1.77. The van der Waals surface area contributed by atoms with Gasteiger partial charge in [0.1, 0.15) is 12.3 Å². The maximum Gasteiger partial charge on any atom is 0.147 e. The maximum atomic E-state index is 9.47. The van der Waals surface area contributed by atoms with Gasteiger partial charge >= 0.3 is 0 Å². The van der Waals surface area contributed by atoms with Crippen molar-refractivity contribution < 1.29 is 4.74 Å². The number of nitriles is 1. The minimum absolute atomic E-state index is 0.0984. The van der Waals surface area contributed by atoms with E-state index in [2.05, 4.69) is 20.9 Å². The van der Waals surface area contributed by atoms with Crippen molar-refractivity contribution in [1.29, 1.82) is 5.26 Å². The quantitative estimate of drug-likeness (QED) is 0.842. The molecular weight excluding hydrogens is 254 g/mol. The van der Waals surface area contributed by atoms with E-state index in [0.29, 0.717) is 13.2 Å². The van der Waals surface area contributed by atoms with Gasteiger partial charge in [-0.15, -0.1) is 0 Å². The van der Waals surface area contributed by atoms with Crippen molar-refractivity contribution in [3.8, 4) is 6.07 Å². The van der Waals surface area contributed by atoms with Crippen molar-refractivity contribution in [2.45, 2.75) is 12.3 Å². The molecule has 0 saturated carbocycles. The van der Waals surface area contributed by atoms with Crippen molar-refractivity contribution in [3.63, 3.8) is 0 Å². The number of ether oxygens (including phenoxy) is 1. The Labute approximate surface area is 117 Å². The molecule has 0 aromatic carbocycles. The van der Waals surface area contributed by atoms with Crippen molar-refractivity contribution >= 4 is 0 Å². The minimum Gasteiger partial charge on any atom is -0.355 e. The second kappa shape index (κ2) is 5.82. The molecule has 1 aliphatic heterocycles. The highest BCUT2D eigenvalue weighted by molar-refractivity contribution is 5.20. The molecule has 0 amide bonds. The molecule has 102 valence electrons. The molecule has 2 aromatic heterocycles. The molecule has 0 N–H and O–H groups in total. The van der Waals surface area contributed by atoms with Gasteiger partial charge in [-0.3, -0.25) is 9.88 Å². The molecule has 1 saturated heterocycles. The van der Waals surface area contributed by atoms with Crippen molar-refractivity contribution in [2.24, 2.45) is 0 Å². The maximum absolute atomic E-state index is 9.47. The molecule has 2 aromatic rings. The standard InChI is InChI=1S/C14H15N5O/c15-8-13(12-2-1-3-16-9-12)18-6-7-20-14(10-18)19-5-4-17-11-19/h1-5,9,11,13-14H,6-7,10H2. The monoisotopic (exact) mass is 269 g/mol. The zero-order valence-corrected chi connectivity index (χ0v) is 11.0. The van der Waals surface area contributed by atoms with Gasteiger partial charge in [0, 0.05) is 43.4 Å². The lowest BCUT2D eigenvalue weighted by molar-refractivity contribution is -0.0758. The third-order valence-electron chi connectivity index (χ3n) is 3.42. The summed E-state index contributed by atoms with van der Waals surface area (Å²) in [5, 5.41) is 9.47. The number of rotatable bonds is 3. The van der Waals surface area contributed by atoms with Gasteiger partial charge in [-0.25, -0.2) is 4.98 Å². The second-order valence-corrected chi connectivity index (χ2v) is 4.65. The van der Waals surface area contributed by atoms with E-state index >= 15 is 0 Å². The van der Waals surface area contributed by atoms with E-state index in [1.807, 2.05) is 22.9 Å². The number of aromatic nitrogens is 3. The fourth-order valence-electron chi connectivity index (χ4n) is 2.41. The Hall–Kier alpha value is -2.23. The van der Waals surface area contributed by atoms with Crippen molar-refractivity contribution in [2.75, 3.05) is 19.7 Å². The van der Waals surface area contributed by atoms with Crippen LogP contribution in [0.2, 0.25) is 0 Å². The van der Waals surface area contributed by atoms with Crippen LogP contribution < -0.4 is 0 Å². The lowest BCUT2D eigenvalue weighted by Gasteiger charge is -2.35. The van der Waals surface area contributed by atoms with E-state index < -0.39 is 0 Å². The minimum atomic E-state index is -0.293. The largest absolute Gasteiger partial charge is 0.355 e. The Morgan fingerprint density at radius 1 is 1.40 bits per heavy atom. The lowest BCUT2D eigenvalue weighted by atomic mass is 10.1. The molecule has 20 heavy (non-hydrogen) atoms. The smallest absolute Gasteiger partial charge is 0.147 e. The third-order valence-corrected chi connectivity index (χ3v) is 3.42. The summed E-state index contributed by atoms with van der Waals surface area (Å²) in [6.45, 7) is 1.99. The number of hydrogen-bond donors (Lipinski definition) is 0. The predicted molar refractivity (Wildman–Crippen MR) is 71.4 cm³/mol. The van der Waals surface area contributed by atoms with E-state index in [4.69, 9.17) is 4.74 Å². The van der Waals surface area contributed by atoms with Crippen LogP contribution in [0, 0.1) is 11.3 Å². The van der Waals surface area contributed by atoms with Crippen molar-refractivity contribution in [3.05, 3.63) is 48.8 Å². The highest BCUT2D eigenvalue weighted by Gasteiger charge is 2.28. The molecule has 1 aliphatic rings. The summed E-state index contributed by atoms with van der Waals surface area (Å²) in [5.41, 5.74) is 0.918. The fourth-order valence-corrected chi connectivity index (χ4v) is 2.41. The molecule has 0 aliphatic carbocycles. The summed E-state index contributed by atoms with van der Waals surface area (Å²) < 4.78 is 7.66. The molecule has 6 heteroatoms. The number of nitrogens with zero attached hydrogens (tertiary/aromatic N) is 5. The summed E-state index contributed by atoms with van der Waals surface area (Å²) in [4.78, 5) is 10.2. The Bertz CT molecular complexity index is 577. The fraction of sp³-hybridized carbons (Fsp3) is 0.357. The molecule has 0 bridgehead atoms. The molecule has 2 unspecified atom stereocenters. The van der Waals surface area contributed by atoms with Crippen LogP contribution in [0.1, 0.15) is 17.8 Å². The van der Waals surface area contributed by atoms with Gasteiger partial charge in [-0.05, 0) is 6.07 Å². The van der Waals surface area contributed by atoms with Crippen LogP contribution in [-0.4, -0.2) is 39.1 Å². The highest BCUT2D eigenvalue weighted by atomic mass is 16.5. The summed E-state index contributed by atoms with van der Waals surface area (Å²) in [6, 6.07) is 5.85. The summed E-state index contributed by atoms with van der Waals surface area (Å²) in [5.74, 6) is 0. The van der Waals surface area contributed by atoms with Gasteiger partial charge in [0.2, 0.25) is 0 Å². The van der Waals surface area contributed by atoms with Crippen LogP contribution in [0.25, 0.3) is 0 Å². The number of imidazole rings is 1. The van der Waals surface area contributed by atoms with Gasteiger partial charge < -0.3 is 9.30 Å². The first-order valence-corrected chi connectivity index (χ1v) is 6.51. The molecule has 2 atom stereocenters. The average molecular weight is 269 g/mol. The zero-order valence-electron chi connectivity index (χ0n) is 11.0. The summed E-state index contributed by atoms with van der Waals surface area (Å²) >= 11 is 0. The van der Waals surface area contributed by atoms with Gasteiger partial charge in [-0.2, -0.15) is 5.26 Å². The second-order valence-electron chi connectivity index (χ2n) is 4.65. The van der Waals surface area contributed by atoms with Crippen LogP contribution >= 0.6 is 0 Å². The average Bonchev–Trinajstić information content (AvgIpc) is 3.04. The normalized spacial score (nSPS) is 21.2. The van der Waals surface area contributed by atoms with Gasteiger partial charge in [-0.1, -0.05) is 6.07 Å². The molecule has 6 nitrogen and oxygen atoms in total. The van der Waals surface area contributed by atoms with E-state index in [1.165, 1.54) is 0 Å². The molecule has 3 rings (SSSR count). The van der Waals surface area contributed by atoms with E-state index in [0.717, 1.165) is 12.1 Å². The first-order valence-electron chi connectivity index (χ1n) is 6.51. The Kier molecular flexibility index (Phi) is 3.72. The van der Waals surface area contributed by atoms with E-state index in [9.17, 15) is 5.26 Å². The first-order chi connectivity index (χ1) is 9.88. The number of pyridine rings is 1. The third kappa shape index (κ3) is 2.54. The molecular formula is C14H15N5O. The number of morpholine rings is 1. The van der Waals surface area contributed by atoms with Crippen LogP contribution in [0.4, 0.5) is 0 Å². The Morgan fingerprint density at radius 3 is 3.05 bits per heavy atom. The summed E-state index contributed by atoms with van der Waals surface area (Å²) in [7, 11) is 0. The van der Waals surface area contributed by atoms with Crippen LogP contribution in [0.3, 0.4) is 0 Å². The molecule has 1 fully saturated rings. The Morgan fingerprint density at radius 2 is 2.35 bits per heavy atom. The topological polar surface area (TPSA) is 67.0 Å². The van der Waals surface area contributed by atoms with Crippen LogP contribution in [-0.2, 0) is 4.74 Å². The first kappa shape index (κ1) is 12.8. The number of hydrogen-bond acceptors (Lipinski definition) is 5.